The third-order valence-corrected chi connectivity index (χ3v) is 2.34. The lowest BCUT2D eigenvalue weighted by Gasteiger charge is -2.20. The van der Waals surface area contributed by atoms with Crippen molar-refractivity contribution in [3.05, 3.63) is 23.8 Å². The first kappa shape index (κ1) is 13.3. The van der Waals surface area contributed by atoms with Crippen molar-refractivity contribution in [2.75, 3.05) is 31.7 Å². The number of hydrogen-bond acceptors (Lipinski definition) is 4. The molecule has 0 aliphatic heterocycles. The van der Waals surface area contributed by atoms with Gasteiger partial charge in [-0.1, -0.05) is 0 Å². The van der Waals surface area contributed by atoms with Crippen molar-refractivity contribution >= 4 is 17.3 Å². The number of nitrogens with one attached hydrogen (secondary N) is 1. The smallest absolute Gasteiger partial charge is 0.335 e. The number of nitrogen functional groups attached to an aromatic ring is 1. The Morgan fingerprint density at radius 1 is 1.53 bits per heavy atom. The van der Waals surface area contributed by atoms with Crippen molar-refractivity contribution in [3.63, 3.8) is 0 Å². The minimum absolute atomic E-state index is 0.191. The van der Waals surface area contributed by atoms with Crippen LogP contribution in [0, 0.1) is 0 Å². The highest BCUT2D eigenvalue weighted by atomic mass is 16.4. The molecule has 0 bridgehead atoms. The van der Waals surface area contributed by atoms with Crippen molar-refractivity contribution in [2.45, 2.75) is 13.0 Å². The minimum Gasteiger partial charge on any atom is -0.478 e. The van der Waals surface area contributed by atoms with Gasteiger partial charge in [0, 0.05) is 12.6 Å². The SMILES string of the molecule is CC(CN(C)C)Nc1cc(C(=O)O)ccc1N. The standard InChI is InChI=1S/C12H19N3O2/c1-8(7-15(2)3)14-11-6-9(12(16)17)4-5-10(11)13/h4-6,8,14H,7,13H2,1-3H3,(H,16,17). The number of benzene rings is 1. The summed E-state index contributed by atoms with van der Waals surface area (Å²) in [5, 5.41) is 12.1. The third-order valence-electron chi connectivity index (χ3n) is 2.34. The van der Waals surface area contributed by atoms with Gasteiger partial charge in [-0.25, -0.2) is 4.79 Å². The Bertz CT molecular complexity index is 405. The van der Waals surface area contributed by atoms with E-state index < -0.39 is 5.97 Å². The first-order chi connectivity index (χ1) is 7.90. The Hall–Kier alpha value is -1.75. The molecule has 4 N–H and O–H groups in total. The van der Waals surface area contributed by atoms with E-state index in [2.05, 4.69) is 10.2 Å². The summed E-state index contributed by atoms with van der Waals surface area (Å²) in [5.41, 5.74) is 7.26. The Labute approximate surface area is 101 Å². The molecule has 0 radical (unpaired) electrons. The normalized spacial score (nSPS) is 12.5. The largest absolute Gasteiger partial charge is 0.478 e. The second-order valence-corrected chi connectivity index (χ2v) is 4.41. The number of likely N-dealkylation sites (N-methyl/N-ethyl adjacent to an activating group) is 1. The van der Waals surface area contributed by atoms with Gasteiger partial charge in [-0.05, 0) is 39.2 Å². The van der Waals surface area contributed by atoms with Gasteiger partial charge in [0.05, 0.1) is 16.9 Å². The van der Waals surface area contributed by atoms with Crippen molar-refractivity contribution in [1.82, 2.24) is 4.90 Å². The van der Waals surface area contributed by atoms with Gasteiger partial charge >= 0.3 is 5.97 Å². The van der Waals surface area contributed by atoms with Crippen LogP contribution in [-0.2, 0) is 0 Å². The van der Waals surface area contributed by atoms with Gasteiger partial charge in [0.25, 0.3) is 0 Å². The molecular weight excluding hydrogens is 218 g/mol. The highest BCUT2D eigenvalue weighted by molar-refractivity contribution is 5.90. The molecule has 0 amide bonds. The first-order valence-electron chi connectivity index (χ1n) is 5.44. The zero-order valence-corrected chi connectivity index (χ0v) is 10.4. The van der Waals surface area contributed by atoms with E-state index in [1.165, 1.54) is 6.07 Å². The van der Waals surface area contributed by atoms with E-state index >= 15 is 0 Å². The van der Waals surface area contributed by atoms with Crippen molar-refractivity contribution in [2.24, 2.45) is 0 Å². The van der Waals surface area contributed by atoms with Crippen LogP contribution < -0.4 is 11.1 Å². The van der Waals surface area contributed by atoms with Gasteiger partial charge in [0.15, 0.2) is 0 Å². The quantitative estimate of drug-likeness (QED) is 0.673. The number of nitrogens with two attached hydrogens (primary N) is 1. The molecular formula is C12H19N3O2. The summed E-state index contributed by atoms with van der Waals surface area (Å²) >= 11 is 0. The molecule has 1 aromatic carbocycles. The molecule has 1 atom stereocenters. The maximum atomic E-state index is 10.9. The summed E-state index contributed by atoms with van der Waals surface area (Å²) in [5.74, 6) is -0.951. The van der Waals surface area contributed by atoms with E-state index in [1.807, 2.05) is 21.0 Å². The van der Waals surface area contributed by atoms with Gasteiger partial charge in [0.2, 0.25) is 0 Å². The molecule has 1 rings (SSSR count). The van der Waals surface area contributed by atoms with E-state index in [0.29, 0.717) is 11.4 Å². The van der Waals surface area contributed by atoms with Crippen LogP contribution >= 0.6 is 0 Å². The van der Waals surface area contributed by atoms with Gasteiger partial charge in [-0.15, -0.1) is 0 Å². The highest BCUT2D eigenvalue weighted by Gasteiger charge is 2.09. The van der Waals surface area contributed by atoms with Crippen LogP contribution in [0.4, 0.5) is 11.4 Å². The number of carbonyl (C=O) groups is 1. The van der Waals surface area contributed by atoms with E-state index in [1.54, 1.807) is 12.1 Å². The highest BCUT2D eigenvalue weighted by Crippen LogP contribution is 2.21. The number of anilines is 2. The molecule has 0 spiro atoms. The Morgan fingerprint density at radius 3 is 2.71 bits per heavy atom. The number of nitrogens with zero attached hydrogens (tertiary/aromatic N) is 1. The summed E-state index contributed by atoms with van der Waals surface area (Å²) in [6.07, 6.45) is 0. The van der Waals surface area contributed by atoms with Crippen LogP contribution in [0.25, 0.3) is 0 Å². The molecule has 0 aliphatic rings. The molecule has 1 unspecified atom stereocenters. The van der Waals surface area contributed by atoms with Gasteiger partial charge in [-0.3, -0.25) is 0 Å². The average Bonchev–Trinajstić information content (AvgIpc) is 2.19. The minimum atomic E-state index is -0.951. The van der Waals surface area contributed by atoms with Gasteiger partial charge in [-0.2, -0.15) is 0 Å². The van der Waals surface area contributed by atoms with E-state index in [0.717, 1.165) is 6.54 Å². The van der Waals surface area contributed by atoms with Crippen molar-refractivity contribution < 1.29 is 9.90 Å². The lowest BCUT2D eigenvalue weighted by Crippen LogP contribution is -2.30. The number of carboxylic acids is 1. The zero-order valence-electron chi connectivity index (χ0n) is 10.4. The fourth-order valence-corrected chi connectivity index (χ4v) is 1.67. The molecule has 94 valence electrons. The predicted octanol–water partition coefficient (Wildman–Crippen LogP) is 1.33. The van der Waals surface area contributed by atoms with E-state index in [9.17, 15) is 4.79 Å². The Kier molecular flexibility index (Phi) is 4.34. The maximum absolute atomic E-state index is 10.9. The maximum Gasteiger partial charge on any atom is 0.335 e. The summed E-state index contributed by atoms with van der Waals surface area (Å²) in [6.45, 7) is 2.86. The van der Waals surface area contributed by atoms with Crippen LogP contribution in [0.2, 0.25) is 0 Å². The summed E-state index contributed by atoms with van der Waals surface area (Å²) in [7, 11) is 3.96. The van der Waals surface area contributed by atoms with Crippen LogP contribution in [0.15, 0.2) is 18.2 Å². The van der Waals surface area contributed by atoms with Crippen molar-refractivity contribution in [3.8, 4) is 0 Å². The Balaban J connectivity index is 2.82. The van der Waals surface area contributed by atoms with Crippen LogP contribution in [-0.4, -0.2) is 42.7 Å². The van der Waals surface area contributed by atoms with Crippen molar-refractivity contribution in [1.29, 1.82) is 0 Å². The molecule has 0 aliphatic carbocycles. The molecule has 5 heteroatoms. The molecule has 0 aromatic heterocycles. The summed E-state index contributed by atoms with van der Waals surface area (Å²) < 4.78 is 0. The fourth-order valence-electron chi connectivity index (χ4n) is 1.67. The number of aromatic carboxylic acids is 1. The molecule has 1 aromatic rings. The van der Waals surface area contributed by atoms with Crippen LogP contribution in [0.3, 0.4) is 0 Å². The lowest BCUT2D eigenvalue weighted by atomic mass is 10.1. The molecule has 5 nitrogen and oxygen atoms in total. The number of hydrogen-bond donors (Lipinski definition) is 3. The van der Waals surface area contributed by atoms with Gasteiger partial charge in [0.1, 0.15) is 0 Å². The predicted molar refractivity (Wildman–Crippen MR) is 69.5 cm³/mol. The van der Waals surface area contributed by atoms with Gasteiger partial charge < -0.3 is 21.1 Å². The second-order valence-electron chi connectivity index (χ2n) is 4.41. The number of rotatable bonds is 5. The molecule has 0 saturated carbocycles. The van der Waals surface area contributed by atoms with E-state index in [4.69, 9.17) is 10.8 Å². The summed E-state index contributed by atoms with van der Waals surface area (Å²) in [6, 6.07) is 4.86. The monoisotopic (exact) mass is 237 g/mol. The van der Waals surface area contributed by atoms with Crippen LogP contribution in [0.5, 0.6) is 0 Å². The second kappa shape index (κ2) is 5.54. The average molecular weight is 237 g/mol. The molecule has 0 saturated heterocycles. The lowest BCUT2D eigenvalue weighted by molar-refractivity contribution is 0.0697. The number of carboxylic acid groups (broad SMARTS) is 1. The van der Waals surface area contributed by atoms with E-state index in [-0.39, 0.29) is 11.6 Å². The molecule has 17 heavy (non-hydrogen) atoms. The van der Waals surface area contributed by atoms with Crippen LogP contribution in [0.1, 0.15) is 17.3 Å². The topological polar surface area (TPSA) is 78.6 Å². The summed E-state index contributed by atoms with van der Waals surface area (Å²) in [4.78, 5) is 12.9. The zero-order chi connectivity index (χ0) is 13.0. The first-order valence-corrected chi connectivity index (χ1v) is 5.44. The molecule has 0 fully saturated rings. The fraction of sp³-hybridized carbons (Fsp3) is 0.417. The third kappa shape index (κ3) is 3.96. The Morgan fingerprint density at radius 2 is 2.18 bits per heavy atom. The molecule has 0 heterocycles.